The molecule has 0 N–H and O–H groups in total. The van der Waals surface area contributed by atoms with Crippen LogP contribution in [0.3, 0.4) is 0 Å². The minimum absolute atomic E-state index is 0.131. The average Bonchev–Trinajstić information content (AvgIpc) is 2.55. The van der Waals surface area contributed by atoms with Crippen LogP contribution in [0.2, 0.25) is 5.02 Å². The third-order valence-corrected chi connectivity index (χ3v) is 4.08. The molecule has 2 aromatic rings. The van der Waals surface area contributed by atoms with Gasteiger partial charge in [-0.05, 0) is 42.3 Å². The van der Waals surface area contributed by atoms with Crippen LogP contribution in [0.1, 0.15) is 18.1 Å². The molecular formula is C19H23ClN2O. The standard InChI is InChI=1S/C19H23ClN2O/c1-4-22(14-16-7-11-18(12-8-16)21(2)3)19(23)13-15-5-9-17(20)10-6-15/h5-12H,4,13-14H2,1-3H3. The van der Waals surface area contributed by atoms with Crippen molar-refractivity contribution in [1.82, 2.24) is 4.90 Å². The third kappa shape index (κ3) is 5.00. The van der Waals surface area contributed by atoms with E-state index in [4.69, 9.17) is 11.6 Å². The van der Waals surface area contributed by atoms with Gasteiger partial charge in [0.25, 0.3) is 0 Å². The Hall–Kier alpha value is -2.00. The smallest absolute Gasteiger partial charge is 0.227 e. The molecular weight excluding hydrogens is 308 g/mol. The average molecular weight is 331 g/mol. The fourth-order valence-corrected chi connectivity index (χ4v) is 2.51. The molecule has 0 bridgehead atoms. The second kappa shape index (κ2) is 8.02. The molecule has 2 rings (SSSR count). The summed E-state index contributed by atoms with van der Waals surface area (Å²) in [5.41, 5.74) is 3.28. The number of benzene rings is 2. The number of carbonyl (C=O) groups excluding carboxylic acids is 1. The Kier molecular flexibility index (Phi) is 6.05. The van der Waals surface area contributed by atoms with Crippen molar-refractivity contribution in [3.8, 4) is 0 Å². The van der Waals surface area contributed by atoms with Gasteiger partial charge in [-0.2, -0.15) is 0 Å². The fourth-order valence-electron chi connectivity index (χ4n) is 2.38. The highest BCUT2D eigenvalue weighted by Gasteiger charge is 2.13. The van der Waals surface area contributed by atoms with Gasteiger partial charge < -0.3 is 9.80 Å². The summed E-state index contributed by atoms with van der Waals surface area (Å²) in [6.45, 7) is 3.34. The van der Waals surface area contributed by atoms with Crippen molar-refractivity contribution in [2.75, 3.05) is 25.5 Å². The second-order valence-electron chi connectivity index (χ2n) is 5.77. The van der Waals surface area contributed by atoms with Crippen LogP contribution >= 0.6 is 11.6 Å². The number of hydrogen-bond acceptors (Lipinski definition) is 2. The molecule has 4 heteroatoms. The van der Waals surface area contributed by atoms with E-state index in [1.165, 1.54) is 0 Å². The van der Waals surface area contributed by atoms with Gasteiger partial charge in [-0.15, -0.1) is 0 Å². The van der Waals surface area contributed by atoms with Crippen molar-refractivity contribution in [2.45, 2.75) is 19.9 Å². The lowest BCUT2D eigenvalue weighted by Crippen LogP contribution is -2.31. The van der Waals surface area contributed by atoms with E-state index in [0.29, 0.717) is 24.5 Å². The minimum atomic E-state index is 0.131. The molecule has 0 spiro atoms. The molecule has 0 fully saturated rings. The summed E-state index contributed by atoms with van der Waals surface area (Å²) in [6.07, 6.45) is 0.404. The van der Waals surface area contributed by atoms with Crippen LogP contribution in [0.5, 0.6) is 0 Å². The highest BCUT2D eigenvalue weighted by Crippen LogP contribution is 2.15. The van der Waals surface area contributed by atoms with Crippen LogP contribution in [0.25, 0.3) is 0 Å². The number of likely N-dealkylation sites (N-methyl/N-ethyl adjacent to an activating group) is 1. The second-order valence-corrected chi connectivity index (χ2v) is 6.21. The van der Waals surface area contributed by atoms with Crippen molar-refractivity contribution in [1.29, 1.82) is 0 Å². The van der Waals surface area contributed by atoms with Crippen LogP contribution in [0.4, 0.5) is 5.69 Å². The minimum Gasteiger partial charge on any atom is -0.378 e. The molecule has 0 aromatic heterocycles. The molecule has 3 nitrogen and oxygen atoms in total. The molecule has 0 heterocycles. The number of hydrogen-bond donors (Lipinski definition) is 0. The molecule has 0 aliphatic heterocycles. The zero-order valence-electron chi connectivity index (χ0n) is 13.9. The first-order chi connectivity index (χ1) is 11.0. The Balaban J connectivity index is 2.00. The van der Waals surface area contributed by atoms with Crippen molar-refractivity contribution < 1.29 is 4.79 Å². The first-order valence-corrected chi connectivity index (χ1v) is 8.16. The number of rotatable bonds is 6. The first-order valence-electron chi connectivity index (χ1n) is 7.78. The topological polar surface area (TPSA) is 23.6 Å². The SMILES string of the molecule is CCN(Cc1ccc(N(C)C)cc1)C(=O)Cc1ccc(Cl)cc1. The van der Waals surface area contributed by atoms with Crippen molar-refractivity contribution in [3.63, 3.8) is 0 Å². The molecule has 0 radical (unpaired) electrons. The van der Waals surface area contributed by atoms with Crippen LogP contribution in [-0.2, 0) is 17.8 Å². The monoisotopic (exact) mass is 330 g/mol. The van der Waals surface area contributed by atoms with Gasteiger partial charge in [-0.1, -0.05) is 35.9 Å². The predicted molar refractivity (Wildman–Crippen MR) is 97.0 cm³/mol. The summed E-state index contributed by atoms with van der Waals surface area (Å²) in [7, 11) is 4.03. The largest absolute Gasteiger partial charge is 0.378 e. The molecule has 2 aromatic carbocycles. The summed E-state index contributed by atoms with van der Waals surface area (Å²) >= 11 is 5.88. The lowest BCUT2D eigenvalue weighted by atomic mass is 10.1. The Morgan fingerprint density at radius 3 is 2.04 bits per heavy atom. The number of amides is 1. The van der Waals surface area contributed by atoms with E-state index in [-0.39, 0.29) is 5.91 Å². The van der Waals surface area contributed by atoms with E-state index in [1.807, 2.05) is 50.2 Å². The quantitative estimate of drug-likeness (QED) is 0.799. The van der Waals surface area contributed by atoms with Gasteiger partial charge >= 0.3 is 0 Å². The van der Waals surface area contributed by atoms with Crippen LogP contribution in [-0.4, -0.2) is 31.4 Å². The Morgan fingerprint density at radius 2 is 1.52 bits per heavy atom. The van der Waals surface area contributed by atoms with E-state index in [1.54, 1.807) is 0 Å². The molecule has 0 saturated heterocycles. The van der Waals surface area contributed by atoms with Gasteiger partial charge in [0.1, 0.15) is 0 Å². The van der Waals surface area contributed by atoms with Crippen molar-refractivity contribution in [3.05, 3.63) is 64.7 Å². The third-order valence-electron chi connectivity index (χ3n) is 3.83. The summed E-state index contributed by atoms with van der Waals surface area (Å²) in [4.78, 5) is 16.4. The maximum Gasteiger partial charge on any atom is 0.227 e. The van der Waals surface area contributed by atoms with Crippen molar-refractivity contribution >= 4 is 23.2 Å². The predicted octanol–water partition coefficient (Wildman–Crippen LogP) is 4.00. The molecule has 122 valence electrons. The lowest BCUT2D eigenvalue weighted by Gasteiger charge is -2.22. The number of nitrogens with zero attached hydrogens (tertiary/aromatic N) is 2. The molecule has 1 amide bonds. The number of carbonyl (C=O) groups is 1. The highest BCUT2D eigenvalue weighted by molar-refractivity contribution is 6.30. The Morgan fingerprint density at radius 1 is 0.957 bits per heavy atom. The summed E-state index contributed by atoms with van der Waals surface area (Å²) in [5.74, 6) is 0.131. The van der Waals surface area contributed by atoms with Crippen LogP contribution < -0.4 is 4.90 Å². The van der Waals surface area contributed by atoms with E-state index < -0.39 is 0 Å². The van der Waals surface area contributed by atoms with E-state index >= 15 is 0 Å². The van der Waals surface area contributed by atoms with E-state index in [0.717, 1.165) is 16.8 Å². The molecule has 0 unspecified atom stereocenters. The van der Waals surface area contributed by atoms with Gasteiger partial charge in [0, 0.05) is 37.9 Å². The summed E-state index contributed by atoms with van der Waals surface area (Å²) in [5, 5.41) is 0.689. The highest BCUT2D eigenvalue weighted by atomic mass is 35.5. The molecule has 23 heavy (non-hydrogen) atoms. The zero-order valence-corrected chi connectivity index (χ0v) is 14.7. The van der Waals surface area contributed by atoms with Gasteiger partial charge in [-0.3, -0.25) is 4.79 Å². The van der Waals surface area contributed by atoms with Gasteiger partial charge in [0.05, 0.1) is 6.42 Å². The van der Waals surface area contributed by atoms with Gasteiger partial charge in [0.2, 0.25) is 5.91 Å². The Labute approximate surface area is 143 Å². The van der Waals surface area contributed by atoms with E-state index in [2.05, 4.69) is 29.2 Å². The maximum absolute atomic E-state index is 12.5. The van der Waals surface area contributed by atoms with Crippen LogP contribution in [0.15, 0.2) is 48.5 Å². The maximum atomic E-state index is 12.5. The summed E-state index contributed by atoms with van der Waals surface area (Å²) in [6, 6.07) is 15.8. The molecule has 0 aliphatic rings. The fraction of sp³-hybridized carbons (Fsp3) is 0.316. The van der Waals surface area contributed by atoms with Crippen LogP contribution in [0, 0.1) is 0 Å². The molecule has 0 aliphatic carbocycles. The van der Waals surface area contributed by atoms with Gasteiger partial charge in [0.15, 0.2) is 0 Å². The normalized spacial score (nSPS) is 10.4. The zero-order chi connectivity index (χ0) is 16.8. The summed E-state index contributed by atoms with van der Waals surface area (Å²) < 4.78 is 0. The van der Waals surface area contributed by atoms with Gasteiger partial charge in [-0.25, -0.2) is 0 Å². The number of halogens is 1. The Bertz CT molecular complexity index is 635. The van der Waals surface area contributed by atoms with E-state index in [9.17, 15) is 4.79 Å². The molecule has 0 saturated carbocycles. The van der Waals surface area contributed by atoms with Crippen molar-refractivity contribution in [2.24, 2.45) is 0 Å². The first kappa shape index (κ1) is 17.4. The lowest BCUT2D eigenvalue weighted by molar-refractivity contribution is -0.130. The number of anilines is 1. The molecule has 0 atom stereocenters.